The third kappa shape index (κ3) is 4.05. The highest BCUT2D eigenvalue weighted by atomic mass is 32.2. The first kappa shape index (κ1) is 22.4. The third-order valence-electron chi connectivity index (χ3n) is 5.09. The number of benzene rings is 2. The van der Waals surface area contributed by atoms with Crippen molar-refractivity contribution in [2.75, 3.05) is 18.6 Å². The fraction of sp³-hybridized carbons (Fsp3) is 0.125. The summed E-state index contributed by atoms with van der Waals surface area (Å²) in [5, 5.41) is 19.3. The molecule has 0 spiro atoms. The van der Waals surface area contributed by atoms with E-state index in [-0.39, 0.29) is 22.7 Å². The molecule has 1 unspecified atom stereocenters. The largest absolute Gasteiger partial charge is 0.465 e. The Morgan fingerprint density at radius 3 is 2.55 bits per heavy atom. The molecule has 33 heavy (non-hydrogen) atoms. The first-order chi connectivity index (χ1) is 16.0. The summed E-state index contributed by atoms with van der Waals surface area (Å²) in [4.78, 5) is 30.2. The summed E-state index contributed by atoms with van der Waals surface area (Å²) in [6.45, 7) is 0. The van der Waals surface area contributed by atoms with E-state index in [9.17, 15) is 20.1 Å². The molecule has 1 aliphatic rings. The van der Waals surface area contributed by atoms with Gasteiger partial charge in [0.05, 0.1) is 23.5 Å². The zero-order valence-corrected chi connectivity index (χ0v) is 19.0. The molecule has 0 fully saturated rings. The number of esters is 1. The van der Waals surface area contributed by atoms with Gasteiger partial charge in [-0.15, -0.1) is 11.8 Å². The van der Waals surface area contributed by atoms with E-state index in [0.717, 1.165) is 11.8 Å². The lowest BCUT2D eigenvalue weighted by molar-refractivity contribution is 0.0596. The summed E-state index contributed by atoms with van der Waals surface area (Å²) in [5.74, 6) is -0.298. The number of carbonyl (C=O) groups is 2. The molecule has 0 saturated heterocycles. The number of hydrogen-bond donors (Lipinski definition) is 1. The zero-order valence-electron chi connectivity index (χ0n) is 17.4. The van der Waals surface area contributed by atoms with Gasteiger partial charge in [-0.1, -0.05) is 54.2 Å². The summed E-state index contributed by atoms with van der Waals surface area (Å²) in [7, 11) is 1.30. The van der Waals surface area contributed by atoms with E-state index >= 15 is 0 Å². The number of pyridine rings is 1. The van der Waals surface area contributed by atoms with Crippen LogP contribution in [0.4, 0.5) is 5.82 Å². The molecule has 0 bridgehead atoms. The van der Waals surface area contributed by atoms with Gasteiger partial charge in [-0.3, -0.25) is 4.79 Å². The number of aromatic nitrogens is 1. The van der Waals surface area contributed by atoms with Crippen LogP contribution in [0.5, 0.6) is 0 Å². The van der Waals surface area contributed by atoms with Crippen LogP contribution < -0.4 is 5.73 Å². The molecule has 0 saturated carbocycles. The Bertz CT molecular complexity index is 1360. The fourth-order valence-electron chi connectivity index (χ4n) is 3.56. The number of anilines is 1. The van der Waals surface area contributed by atoms with Gasteiger partial charge in [0.1, 0.15) is 28.5 Å². The van der Waals surface area contributed by atoms with Crippen molar-refractivity contribution in [1.82, 2.24) is 4.98 Å². The number of methoxy groups -OCH3 is 1. The molecule has 162 valence electrons. The van der Waals surface area contributed by atoms with E-state index in [1.807, 2.05) is 12.1 Å². The normalized spacial score (nSPS) is 14.6. The SMILES string of the molecule is COC(=O)c1cccc2c1SCC(Sc1nc(N)c(C#N)c(-c3ccccc3)c1C#N)C2=O. The standard InChI is InChI=1S/C24H16N4O3S2/c1-31-24(30)15-9-5-8-14-20(29)18(12-32-21(14)15)33-23-17(11-26)19(13-6-3-2-4-7-13)16(10-25)22(27)28-23/h2-9,18H,12H2,1H3,(H2,27,28). The smallest absolute Gasteiger partial charge is 0.339 e. The molecule has 0 amide bonds. The molecule has 7 nitrogen and oxygen atoms in total. The van der Waals surface area contributed by atoms with Gasteiger partial charge in [0.2, 0.25) is 0 Å². The van der Waals surface area contributed by atoms with Gasteiger partial charge >= 0.3 is 5.97 Å². The second-order valence-corrected chi connectivity index (χ2v) is 9.19. The van der Waals surface area contributed by atoms with Gasteiger partial charge in [0.15, 0.2) is 5.78 Å². The number of nitrogen functional groups attached to an aromatic ring is 1. The predicted molar refractivity (Wildman–Crippen MR) is 126 cm³/mol. The lowest BCUT2D eigenvalue weighted by Crippen LogP contribution is -2.26. The van der Waals surface area contributed by atoms with Crippen LogP contribution in [0, 0.1) is 22.7 Å². The van der Waals surface area contributed by atoms with Crippen molar-refractivity contribution in [3.05, 3.63) is 70.8 Å². The average Bonchev–Trinajstić information content (AvgIpc) is 2.85. The molecule has 2 aromatic carbocycles. The molecular weight excluding hydrogens is 456 g/mol. The Morgan fingerprint density at radius 2 is 1.88 bits per heavy atom. The highest BCUT2D eigenvalue weighted by Gasteiger charge is 2.33. The van der Waals surface area contributed by atoms with Gasteiger partial charge in [-0.25, -0.2) is 9.78 Å². The predicted octanol–water partition coefficient (Wildman–Crippen LogP) is 4.31. The van der Waals surface area contributed by atoms with Crippen LogP contribution in [-0.4, -0.2) is 34.8 Å². The molecule has 2 heterocycles. The molecular formula is C24H16N4O3S2. The van der Waals surface area contributed by atoms with Crippen molar-refractivity contribution in [3.8, 4) is 23.3 Å². The van der Waals surface area contributed by atoms with Crippen LogP contribution in [0.25, 0.3) is 11.1 Å². The van der Waals surface area contributed by atoms with Crippen molar-refractivity contribution in [3.63, 3.8) is 0 Å². The van der Waals surface area contributed by atoms with Gasteiger partial charge in [-0.2, -0.15) is 10.5 Å². The second-order valence-electron chi connectivity index (χ2n) is 6.97. The van der Waals surface area contributed by atoms with Crippen LogP contribution in [-0.2, 0) is 4.74 Å². The Kier molecular flexibility index (Phi) is 6.36. The van der Waals surface area contributed by atoms with Gasteiger partial charge < -0.3 is 10.5 Å². The Morgan fingerprint density at radius 1 is 1.15 bits per heavy atom. The number of Topliss-reactive ketones (excluding diaryl/α,β-unsaturated/α-hetero) is 1. The van der Waals surface area contributed by atoms with Crippen molar-refractivity contribution < 1.29 is 14.3 Å². The summed E-state index contributed by atoms with van der Waals surface area (Å²) in [6, 6.07) is 18.2. The van der Waals surface area contributed by atoms with Gasteiger partial charge in [0.25, 0.3) is 0 Å². The number of hydrogen-bond acceptors (Lipinski definition) is 9. The number of nitrogens with two attached hydrogens (primary N) is 1. The lowest BCUT2D eigenvalue weighted by Gasteiger charge is -2.24. The number of carbonyl (C=O) groups excluding carboxylic acids is 2. The zero-order chi connectivity index (χ0) is 23.5. The van der Waals surface area contributed by atoms with Gasteiger partial charge in [-0.05, 0) is 11.6 Å². The maximum absolute atomic E-state index is 13.3. The molecule has 9 heteroatoms. The van der Waals surface area contributed by atoms with Crippen molar-refractivity contribution >= 4 is 41.1 Å². The van der Waals surface area contributed by atoms with Crippen LogP contribution >= 0.6 is 23.5 Å². The average molecular weight is 473 g/mol. The van der Waals surface area contributed by atoms with E-state index in [1.54, 1.807) is 42.5 Å². The number of fused-ring (bicyclic) bond motifs is 1. The molecule has 3 aromatic rings. The summed E-state index contributed by atoms with van der Waals surface area (Å²) < 4.78 is 4.83. The van der Waals surface area contributed by atoms with Crippen molar-refractivity contribution in [2.45, 2.75) is 15.2 Å². The molecule has 0 radical (unpaired) electrons. The topological polar surface area (TPSA) is 130 Å². The minimum absolute atomic E-state index is 0.00198. The van der Waals surface area contributed by atoms with E-state index in [4.69, 9.17) is 10.5 Å². The Labute approximate surface area is 198 Å². The molecule has 0 aliphatic carbocycles. The minimum Gasteiger partial charge on any atom is -0.465 e. The highest BCUT2D eigenvalue weighted by Crippen LogP contribution is 2.42. The molecule has 1 atom stereocenters. The van der Waals surface area contributed by atoms with E-state index in [1.165, 1.54) is 18.9 Å². The van der Waals surface area contributed by atoms with Crippen LogP contribution in [0.15, 0.2) is 58.5 Å². The number of nitriles is 2. The number of rotatable bonds is 4. The van der Waals surface area contributed by atoms with E-state index in [2.05, 4.69) is 11.1 Å². The monoisotopic (exact) mass is 472 g/mol. The number of nitrogens with zero attached hydrogens (tertiary/aromatic N) is 3. The summed E-state index contributed by atoms with van der Waals surface area (Å²) in [6.07, 6.45) is 0. The van der Waals surface area contributed by atoms with Gasteiger partial charge in [0, 0.05) is 21.8 Å². The molecule has 1 aliphatic heterocycles. The maximum Gasteiger partial charge on any atom is 0.339 e. The third-order valence-corrected chi connectivity index (χ3v) is 7.71. The summed E-state index contributed by atoms with van der Waals surface area (Å²) in [5.41, 5.74) is 8.25. The second kappa shape index (κ2) is 9.37. The number of thioether (sulfide) groups is 2. The first-order valence-electron chi connectivity index (χ1n) is 9.74. The maximum atomic E-state index is 13.3. The molecule has 2 N–H and O–H groups in total. The number of ketones is 1. The van der Waals surface area contributed by atoms with Crippen LogP contribution in [0.3, 0.4) is 0 Å². The molecule has 4 rings (SSSR count). The van der Waals surface area contributed by atoms with Crippen molar-refractivity contribution in [2.24, 2.45) is 0 Å². The fourth-order valence-corrected chi connectivity index (χ4v) is 6.06. The minimum atomic E-state index is -0.550. The summed E-state index contributed by atoms with van der Waals surface area (Å²) >= 11 is 2.52. The van der Waals surface area contributed by atoms with Crippen molar-refractivity contribution in [1.29, 1.82) is 10.5 Å². The van der Waals surface area contributed by atoms with E-state index < -0.39 is 11.2 Å². The van der Waals surface area contributed by atoms with Crippen LogP contribution in [0.2, 0.25) is 0 Å². The Balaban J connectivity index is 1.76. The molecule has 1 aromatic heterocycles. The lowest BCUT2D eigenvalue weighted by atomic mass is 9.97. The van der Waals surface area contributed by atoms with E-state index in [0.29, 0.717) is 37.9 Å². The Hall–Kier alpha value is -3.79. The van der Waals surface area contributed by atoms with Crippen LogP contribution in [0.1, 0.15) is 31.8 Å². The first-order valence-corrected chi connectivity index (χ1v) is 11.6. The number of ether oxygens (including phenoxy) is 1. The quantitative estimate of drug-likeness (QED) is 0.552. The highest BCUT2D eigenvalue weighted by molar-refractivity contribution is 8.04.